The molecule has 0 spiro atoms. The molecule has 0 aliphatic heterocycles. The molecule has 1 nitrogen and oxygen atoms in total. The average molecular weight is 105 g/mol. The minimum Gasteiger partial charge on any atom is -0.140 e. The SMILES string of the molecule is [N]Cc1ccccc1. The van der Waals surface area contributed by atoms with Crippen molar-refractivity contribution in [2.75, 3.05) is 0 Å². The van der Waals surface area contributed by atoms with Gasteiger partial charge in [-0.3, -0.25) is 0 Å². The Bertz CT molecular complexity index is 146. The van der Waals surface area contributed by atoms with Crippen molar-refractivity contribution < 1.29 is 0 Å². The second-order valence-electron chi connectivity index (χ2n) is 1.64. The van der Waals surface area contributed by atoms with Crippen LogP contribution in [0.2, 0.25) is 0 Å². The summed E-state index contributed by atoms with van der Waals surface area (Å²) in [5.74, 6) is 0. The van der Waals surface area contributed by atoms with Crippen molar-refractivity contribution in [2.45, 2.75) is 6.54 Å². The number of hydrogen-bond donors (Lipinski definition) is 0. The zero-order valence-electron chi connectivity index (χ0n) is 4.54. The summed E-state index contributed by atoms with van der Waals surface area (Å²) in [7, 11) is 0. The van der Waals surface area contributed by atoms with Gasteiger partial charge in [0.1, 0.15) is 0 Å². The Kier molecular flexibility index (Phi) is 1.65. The molecule has 0 aromatic heterocycles. The van der Waals surface area contributed by atoms with E-state index in [1.165, 1.54) is 0 Å². The summed E-state index contributed by atoms with van der Waals surface area (Å²) in [4.78, 5) is 0. The molecule has 0 aliphatic carbocycles. The van der Waals surface area contributed by atoms with Crippen molar-refractivity contribution >= 4 is 0 Å². The molecule has 2 radical (unpaired) electrons. The molecule has 0 bridgehead atoms. The average Bonchev–Trinajstić information content (AvgIpc) is 1.90. The Morgan fingerprint density at radius 2 is 1.75 bits per heavy atom. The quantitative estimate of drug-likeness (QED) is 0.513. The van der Waals surface area contributed by atoms with Gasteiger partial charge in [0, 0.05) is 0 Å². The van der Waals surface area contributed by atoms with Crippen LogP contribution in [0.3, 0.4) is 0 Å². The predicted molar refractivity (Wildman–Crippen MR) is 32.3 cm³/mol. The Hall–Kier alpha value is -0.820. The first-order chi connectivity index (χ1) is 3.93. The van der Waals surface area contributed by atoms with Crippen LogP contribution in [0, 0.1) is 0 Å². The van der Waals surface area contributed by atoms with Crippen molar-refractivity contribution in [3.05, 3.63) is 35.9 Å². The number of nitrogens with zero attached hydrogens (tertiary/aromatic N) is 1. The zero-order chi connectivity index (χ0) is 5.82. The molecule has 1 heteroatoms. The fourth-order valence-corrected chi connectivity index (χ4v) is 0.583. The van der Waals surface area contributed by atoms with Gasteiger partial charge < -0.3 is 0 Å². The van der Waals surface area contributed by atoms with Crippen LogP contribution in [0.25, 0.3) is 0 Å². The lowest BCUT2D eigenvalue weighted by Crippen LogP contribution is -1.80. The largest absolute Gasteiger partial charge is 0.140 e. The van der Waals surface area contributed by atoms with Gasteiger partial charge in [0.05, 0.1) is 6.54 Å². The van der Waals surface area contributed by atoms with E-state index in [0.717, 1.165) is 5.56 Å². The Morgan fingerprint density at radius 3 is 2.12 bits per heavy atom. The van der Waals surface area contributed by atoms with Gasteiger partial charge in [0.2, 0.25) is 0 Å². The molecule has 0 heterocycles. The number of rotatable bonds is 1. The minimum atomic E-state index is 0.140. The van der Waals surface area contributed by atoms with E-state index in [1.807, 2.05) is 30.3 Å². The highest BCUT2D eigenvalue weighted by Crippen LogP contribution is 1.94. The highest BCUT2D eigenvalue weighted by atomic mass is 14.5. The molecule has 0 N–H and O–H groups in total. The van der Waals surface area contributed by atoms with Crippen molar-refractivity contribution in [2.24, 2.45) is 0 Å². The van der Waals surface area contributed by atoms with E-state index in [0.29, 0.717) is 0 Å². The molecule has 0 aliphatic rings. The molecule has 8 heavy (non-hydrogen) atoms. The van der Waals surface area contributed by atoms with Crippen LogP contribution >= 0.6 is 0 Å². The molecule has 0 atom stereocenters. The maximum absolute atomic E-state index is 8.54. The third kappa shape index (κ3) is 1.07. The molecular formula is C7H7N. The van der Waals surface area contributed by atoms with E-state index in [-0.39, 0.29) is 6.54 Å². The Balaban J connectivity index is 2.83. The van der Waals surface area contributed by atoms with E-state index < -0.39 is 0 Å². The van der Waals surface area contributed by atoms with E-state index in [1.54, 1.807) is 0 Å². The third-order valence-corrected chi connectivity index (χ3v) is 1.03. The third-order valence-electron chi connectivity index (χ3n) is 1.03. The van der Waals surface area contributed by atoms with Crippen LogP contribution in [-0.4, -0.2) is 0 Å². The molecule has 1 aromatic carbocycles. The maximum Gasteiger partial charge on any atom is 0.0572 e. The summed E-state index contributed by atoms with van der Waals surface area (Å²) in [6, 6.07) is 9.52. The van der Waals surface area contributed by atoms with Crippen LogP contribution in [0.4, 0.5) is 0 Å². The maximum atomic E-state index is 8.54. The van der Waals surface area contributed by atoms with Gasteiger partial charge in [-0.25, -0.2) is 0 Å². The van der Waals surface area contributed by atoms with Crippen LogP contribution < -0.4 is 5.73 Å². The molecule has 0 amide bonds. The summed E-state index contributed by atoms with van der Waals surface area (Å²) in [5, 5.41) is 0. The highest BCUT2D eigenvalue weighted by molar-refractivity contribution is 5.13. The Labute approximate surface area is 49.1 Å². The molecule has 40 valence electrons. The first kappa shape index (κ1) is 5.32. The topological polar surface area (TPSA) is 22.3 Å². The zero-order valence-corrected chi connectivity index (χ0v) is 4.54. The first-order valence-electron chi connectivity index (χ1n) is 2.58. The monoisotopic (exact) mass is 105 g/mol. The van der Waals surface area contributed by atoms with Crippen molar-refractivity contribution in [3.63, 3.8) is 0 Å². The van der Waals surface area contributed by atoms with Crippen LogP contribution in [0.15, 0.2) is 30.3 Å². The summed E-state index contributed by atoms with van der Waals surface area (Å²) in [6.07, 6.45) is 0. The highest BCUT2D eigenvalue weighted by Gasteiger charge is 1.81. The summed E-state index contributed by atoms with van der Waals surface area (Å²) in [5.41, 5.74) is 9.50. The van der Waals surface area contributed by atoms with Gasteiger partial charge in [0.15, 0.2) is 0 Å². The van der Waals surface area contributed by atoms with Crippen LogP contribution in [-0.2, 0) is 6.54 Å². The van der Waals surface area contributed by atoms with Gasteiger partial charge in [-0.1, -0.05) is 30.3 Å². The lowest BCUT2D eigenvalue weighted by atomic mass is 10.2. The van der Waals surface area contributed by atoms with Gasteiger partial charge in [-0.15, -0.1) is 5.73 Å². The number of benzene rings is 1. The second kappa shape index (κ2) is 2.48. The summed E-state index contributed by atoms with van der Waals surface area (Å²) < 4.78 is 0. The second-order valence-corrected chi connectivity index (χ2v) is 1.64. The van der Waals surface area contributed by atoms with Gasteiger partial charge in [0.25, 0.3) is 0 Å². The fourth-order valence-electron chi connectivity index (χ4n) is 0.583. The number of hydrogen-bond acceptors (Lipinski definition) is 0. The molecule has 0 unspecified atom stereocenters. The van der Waals surface area contributed by atoms with Crippen LogP contribution in [0.1, 0.15) is 5.56 Å². The first-order valence-corrected chi connectivity index (χ1v) is 2.58. The predicted octanol–water partition coefficient (Wildman–Crippen LogP) is 1.26. The molecule has 1 aromatic rings. The van der Waals surface area contributed by atoms with Crippen molar-refractivity contribution in [1.29, 1.82) is 0 Å². The Morgan fingerprint density at radius 1 is 1.12 bits per heavy atom. The molecular weight excluding hydrogens is 98.1 g/mol. The lowest BCUT2D eigenvalue weighted by molar-refractivity contribution is 1.03. The summed E-state index contributed by atoms with van der Waals surface area (Å²) >= 11 is 0. The molecule has 0 saturated carbocycles. The molecule has 0 saturated heterocycles. The standard InChI is InChI=1S/C7H7N/c8-6-7-4-2-1-3-5-7/h1-5H,6H2. The normalized spacial score (nSPS) is 9.12. The van der Waals surface area contributed by atoms with Gasteiger partial charge in [-0.05, 0) is 5.56 Å². The van der Waals surface area contributed by atoms with E-state index in [9.17, 15) is 0 Å². The summed E-state index contributed by atoms with van der Waals surface area (Å²) in [6.45, 7) is 0.140. The molecule has 0 fully saturated rings. The van der Waals surface area contributed by atoms with Gasteiger partial charge in [-0.2, -0.15) is 0 Å². The minimum absolute atomic E-state index is 0.140. The van der Waals surface area contributed by atoms with Crippen molar-refractivity contribution in [1.82, 2.24) is 5.73 Å². The van der Waals surface area contributed by atoms with E-state index in [2.05, 4.69) is 0 Å². The van der Waals surface area contributed by atoms with Crippen molar-refractivity contribution in [3.8, 4) is 0 Å². The lowest BCUT2D eigenvalue weighted by Gasteiger charge is -1.88. The van der Waals surface area contributed by atoms with Gasteiger partial charge >= 0.3 is 0 Å². The van der Waals surface area contributed by atoms with E-state index in [4.69, 9.17) is 5.73 Å². The smallest absolute Gasteiger partial charge is 0.0572 e. The van der Waals surface area contributed by atoms with E-state index >= 15 is 0 Å². The molecule has 1 rings (SSSR count). The van der Waals surface area contributed by atoms with Crippen LogP contribution in [0.5, 0.6) is 0 Å². The fraction of sp³-hybridized carbons (Fsp3) is 0.143.